The van der Waals surface area contributed by atoms with Crippen LogP contribution >= 0.6 is 0 Å². The number of hydrogen-bond acceptors (Lipinski definition) is 3. The van der Waals surface area contributed by atoms with Gasteiger partial charge in [-0.2, -0.15) is 4.74 Å². The van der Waals surface area contributed by atoms with Crippen LogP contribution in [0.2, 0.25) is 0 Å². The van der Waals surface area contributed by atoms with Gasteiger partial charge in [-0.1, -0.05) is 0 Å². The molecule has 1 saturated heterocycles. The molecule has 2 rings (SSSR count). The quantitative estimate of drug-likeness (QED) is 0.282. The normalized spacial score (nSPS) is 36.0. The van der Waals surface area contributed by atoms with Crippen molar-refractivity contribution in [2.24, 2.45) is 0 Å². The molecule has 0 N–H and O–H groups in total. The van der Waals surface area contributed by atoms with Gasteiger partial charge in [0.25, 0.3) is 5.54 Å². The van der Waals surface area contributed by atoms with E-state index < -0.39 is 5.54 Å². The molecule has 1 fully saturated rings. The number of carbonyl (C=O) groups excluding carboxylic acids is 1. The lowest BCUT2D eigenvalue weighted by molar-refractivity contribution is -0.518. The van der Waals surface area contributed by atoms with Gasteiger partial charge in [0.15, 0.2) is 6.21 Å². The summed E-state index contributed by atoms with van der Waals surface area (Å²) in [6.07, 6.45) is 3.38. The minimum absolute atomic E-state index is 0.346. The lowest BCUT2D eigenvalue weighted by Gasteiger charge is -2.16. The maximum absolute atomic E-state index is 11.2. The highest BCUT2D eigenvalue weighted by atomic mass is 16.6. The van der Waals surface area contributed by atoms with Crippen LogP contribution in [0, 0.1) is 5.21 Å². The van der Waals surface area contributed by atoms with Gasteiger partial charge in [0.05, 0.1) is 13.0 Å². The van der Waals surface area contributed by atoms with E-state index in [0.29, 0.717) is 25.9 Å². The number of carbonyl (C=O) groups is 1. The minimum Gasteiger partial charge on any atom is -0.623 e. The van der Waals surface area contributed by atoms with Crippen LogP contribution in [0.15, 0.2) is 0 Å². The van der Waals surface area contributed by atoms with Crippen molar-refractivity contribution in [1.82, 2.24) is 0 Å². The third-order valence-electron chi connectivity index (χ3n) is 2.40. The average Bonchev–Trinajstić information content (AvgIpc) is 2.48. The molecular weight excluding hydrogens is 146 g/mol. The molecule has 4 nitrogen and oxygen atoms in total. The van der Waals surface area contributed by atoms with E-state index >= 15 is 0 Å². The van der Waals surface area contributed by atoms with Crippen LogP contribution in [0.5, 0.6) is 0 Å². The highest BCUT2D eigenvalue weighted by Crippen LogP contribution is 2.31. The van der Waals surface area contributed by atoms with Crippen LogP contribution in [-0.4, -0.2) is 29.1 Å². The van der Waals surface area contributed by atoms with Crippen molar-refractivity contribution in [3.8, 4) is 0 Å². The second-order valence-electron chi connectivity index (χ2n) is 2.96. The Kier molecular flexibility index (Phi) is 1.19. The number of hydrogen-bond donors (Lipinski definition) is 0. The van der Waals surface area contributed by atoms with Gasteiger partial charge in [0.2, 0.25) is 0 Å². The lowest BCUT2D eigenvalue weighted by atomic mass is 9.95. The van der Waals surface area contributed by atoms with E-state index in [2.05, 4.69) is 0 Å². The van der Waals surface area contributed by atoms with Gasteiger partial charge in [0, 0.05) is 12.8 Å². The molecule has 0 aromatic heterocycles. The molecule has 0 saturated carbocycles. The molecule has 0 bridgehead atoms. The number of ether oxygens (including phenoxy) is 1. The summed E-state index contributed by atoms with van der Waals surface area (Å²) >= 11 is 0. The molecular formula is C7H9NO3. The minimum atomic E-state index is -0.833. The average molecular weight is 155 g/mol. The molecule has 2 aliphatic rings. The number of esters is 1. The third kappa shape index (κ3) is 0.692. The van der Waals surface area contributed by atoms with Gasteiger partial charge in [-0.15, -0.1) is 0 Å². The molecule has 0 aromatic carbocycles. The Morgan fingerprint density at radius 3 is 2.91 bits per heavy atom. The number of rotatable bonds is 0. The molecule has 11 heavy (non-hydrogen) atoms. The summed E-state index contributed by atoms with van der Waals surface area (Å²) in [6.45, 7) is 0.394. The molecule has 0 aliphatic carbocycles. The first-order valence-corrected chi connectivity index (χ1v) is 3.73. The fraction of sp³-hybridized carbons (Fsp3) is 0.714. The zero-order valence-corrected chi connectivity index (χ0v) is 6.08. The monoisotopic (exact) mass is 155 g/mol. The van der Waals surface area contributed by atoms with E-state index in [1.54, 1.807) is 0 Å². The Labute approximate surface area is 64.0 Å². The molecule has 1 atom stereocenters. The Morgan fingerprint density at radius 1 is 1.64 bits per heavy atom. The van der Waals surface area contributed by atoms with Crippen LogP contribution < -0.4 is 0 Å². The summed E-state index contributed by atoms with van der Waals surface area (Å²) in [7, 11) is 0. The van der Waals surface area contributed by atoms with Crippen molar-refractivity contribution < 1.29 is 14.3 Å². The predicted molar refractivity (Wildman–Crippen MR) is 37.2 cm³/mol. The van der Waals surface area contributed by atoms with Crippen LogP contribution in [0.1, 0.15) is 19.3 Å². The van der Waals surface area contributed by atoms with Crippen LogP contribution in [0.3, 0.4) is 0 Å². The molecule has 1 spiro atoms. The van der Waals surface area contributed by atoms with Gasteiger partial charge in [-0.3, -0.25) is 0 Å². The van der Waals surface area contributed by atoms with E-state index in [0.717, 1.165) is 4.74 Å². The fourth-order valence-corrected chi connectivity index (χ4v) is 1.68. The topological polar surface area (TPSA) is 52.4 Å². The molecule has 0 unspecified atom stereocenters. The van der Waals surface area contributed by atoms with Crippen LogP contribution in [-0.2, 0) is 9.53 Å². The fourth-order valence-electron chi connectivity index (χ4n) is 1.68. The van der Waals surface area contributed by atoms with E-state index in [4.69, 9.17) is 4.74 Å². The summed E-state index contributed by atoms with van der Waals surface area (Å²) in [4.78, 5) is 11.1. The maximum Gasteiger partial charge on any atom is 0.380 e. The first kappa shape index (κ1) is 6.64. The van der Waals surface area contributed by atoms with Crippen molar-refractivity contribution >= 4 is 12.2 Å². The van der Waals surface area contributed by atoms with Crippen molar-refractivity contribution in [3.63, 3.8) is 0 Å². The molecule has 4 heteroatoms. The zero-order chi connectivity index (χ0) is 7.90. The van der Waals surface area contributed by atoms with Gasteiger partial charge < -0.3 is 9.94 Å². The second-order valence-corrected chi connectivity index (χ2v) is 2.96. The van der Waals surface area contributed by atoms with E-state index in [-0.39, 0.29) is 5.97 Å². The third-order valence-corrected chi connectivity index (χ3v) is 2.40. The Hall–Kier alpha value is -1.06. The van der Waals surface area contributed by atoms with Gasteiger partial charge in [0.1, 0.15) is 0 Å². The summed E-state index contributed by atoms with van der Waals surface area (Å²) in [5.74, 6) is -0.346. The molecule has 60 valence electrons. The summed E-state index contributed by atoms with van der Waals surface area (Å²) in [6, 6.07) is 0. The summed E-state index contributed by atoms with van der Waals surface area (Å²) in [5, 5.41) is 11.2. The number of nitrogens with zero attached hydrogens (tertiary/aromatic N) is 1. The molecule has 0 radical (unpaired) electrons. The first-order chi connectivity index (χ1) is 5.26. The standard InChI is InChI=1S/C7H9NO3/c9-6-7(3-5-11-6)2-1-4-8(7)10/h4H,1-3,5H2/t7-/m1/s1. The van der Waals surface area contributed by atoms with Crippen LogP contribution in [0.4, 0.5) is 0 Å². The highest BCUT2D eigenvalue weighted by molar-refractivity contribution is 5.83. The lowest BCUT2D eigenvalue weighted by Crippen LogP contribution is -2.40. The predicted octanol–water partition coefficient (Wildman–Crippen LogP) is 0.0470. The van der Waals surface area contributed by atoms with Crippen molar-refractivity contribution in [2.45, 2.75) is 24.8 Å². The van der Waals surface area contributed by atoms with E-state index in [1.807, 2.05) is 0 Å². The largest absolute Gasteiger partial charge is 0.623 e. The van der Waals surface area contributed by atoms with Crippen molar-refractivity contribution in [1.29, 1.82) is 0 Å². The highest BCUT2D eigenvalue weighted by Gasteiger charge is 2.54. The van der Waals surface area contributed by atoms with Crippen molar-refractivity contribution in [3.05, 3.63) is 5.21 Å². The molecule has 0 aromatic rings. The Morgan fingerprint density at radius 2 is 2.45 bits per heavy atom. The van der Waals surface area contributed by atoms with Gasteiger partial charge >= 0.3 is 5.97 Å². The Bertz CT molecular complexity index is 236. The zero-order valence-electron chi connectivity index (χ0n) is 6.08. The number of hydroxylamine groups is 1. The van der Waals surface area contributed by atoms with Gasteiger partial charge in [-0.25, -0.2) is 4.79 Å². The Balaban J connectivity index is 2.35. The smallest absolute Gasteiger partial charge is 0.380 e. The van der Waals surface area contributed by atoms with Crippen molar-refractivity contribution in [2.75, 3.05) is 6.61 Å². The molecule has 0 amide bonds. The molecule has 2 heterocycles. The number of cyclic esters (lactones) is 1. The maximum atomic E-state index is 11.2. The van der Waals surface area contributed by atoms with Gasteiger partial charge in [-0.05, 0) is 0 Å². The summed E-state index contributed by atoms with van der Waals surface area (Å²) < 4.78 is 5.53. The van der Waals surface area contributed by atoms with E-state index in [9.17, 15) is 10.0 Å². The summed E-state index contributed by atoms with van der Waals surface area (Å²) in [5.41, 5.74) is -0.833. The van der Waals surface area contributed by atoms with E-state index in [1.165, 1.54) is 6.21 Å². The second kappa shape index (κ2) is 1.96. The SMILES string of the molecule is O=C1OCC[C@]12CCC=[N+]2[O-]. The first-order valence-electron chi connectivity index (χ1n) is 3.73. The van der Waals surface area contributed by atoms with Crippen LogP contribution in [0.25, 0.3) is 0 Å². The molecule has 2 aliphatic heterocycles.